The van der Waals surface area contributed by atoms with Gasteiger partial charge in [0.15, 0.2) is 0 Å². The summed E-state index contributed by atoms with van der Waals surface area (Å²) in [4.78, 5) is 0. The number of rotatable bonds is 3. The number of alkyl halides is 3. The van der Waals surface area contributed by atoms with Crippen molar-refractivity contribution < 1.29 is 17.9 Å². The van der Waals surface area contributed by atoms with Crippen molar-refractivity contribution in [2.45, 2.75) is 26.1 Å². The molecule has 2 nitrogen and oxygen atoms in total. The Morgan fingerprint density at radius 2 is 2.16 bits per heavy atom. The van der Waals surface area contributed by atoms with Gasteiger partial charge in [-0.1, -0.05) is 19.1 Å². The molecule has 1 fully saturated rings. The van der Waals surface area contributed by atoms with Crippen LogP contribution in [-0.2, 0) is 6.42 Å². The van der Waals surface area contributed by atoms with E-state index in [4.69, 9.17) is 0 Å². The van der Waals surface area contributed by atoms with Gasteiger partial charge in [-0.3, -0.25) is 0 Å². The van der Waals surface area contributed by atoms with Gasteiger partial charge in [0.1, 0.15) is 5.75 Å². The fraction of sp³-hybridized carbons (Fsp3) is 0.571. The van der Waals surface area contributed by atoms with E-state index in [1.807, 2.05) is 6.07 Å². The molecule has 0 bridgehead atoms. The van der Waals surface area contributed by atoms with Gasteiger partial charge in [-0.2, -0.15) is 0 Å². The van der Waals surface area contributed by atoms with Crippen LogP contribution in [0, 0.1) is 11.8 Å². The Bertz CT molecular complexity index is 419. The number of hydrogen-bond donors (Lipinski definition) is 1. The lowest BCUT2D eigenvalue weighted by atomic mass is 9.83. The lowest BCUT2D eigenvalue weighted by Crippen LogP contribution is -2.36. The molecule has 1 aromatic rings. The van der Waals surface area contributed by atoms with Gasteiger partial charge in [-0.05, 0) is 55.5 Å². The molecule has 0 aliphatic carbocycles. The maximum Gasteiger partial charge on any atom is 0.573 e. The molecule has 19 heavy (non-hydrogen) atoms. The molecule has 1 heterocycles. The number of benzene rings is 1. The molecule has 0 spiro atoms. The smallest absolute Gasteiger partial charge is 0.406 e. The van der Waals surface area contributed by atoms with Gasteiger partial charge in [-0.15, -0.1) is 13.2 Å². The minimum Gasteiger partial charge on any atom is -0.406 e. The van der Waals surface area contributed by atoms with Crippen LogP contribution in [0.1, 0.15) is 18.9 Å². The summed E-state index contributed by atoms with van der Waals surface area (Å²) in [6.45, 7) is 4.14. The highest BCUT2D eigenvalue weighted by Gasteiger charge is 2.31. The maximum absolute atomic E-state index is 12.2. The molecule has 0 aromatic heterocycles. The van der Waals surface area contributed by atoms with E-state index in [-0.39, 0.29) is 5.75 Å². The summed E-state index contributed by atoms with van der Waals surface area (Å²) in [5, 5.41) is 3.33. The second kappa shape index (κ2) is 5.82. The van der Waals surface area contributed by atoms with E-state index in [2.05, 4.69) is 17.0 Å². The molecule has 0 amide bonds. The van der Waals surface area contributed by atoms with E-state index >= 15 is 0 Å². The van der Waals surface area contributed by atoms with Crippen molar-refractivity contribution in [2.75, 3.05) is 13.1 Å². The summed E-state index contributed by atoms with van der Waals surface area (Å²) >= 11 is 0. The lowest BCUT2D eigenvalue weighted by molar-refractivity contribution is -0.274. The van der Waals surface area contributed by atoms with Gasteiger partial charge in [0.05, 0.1) is 0 Å². The van der Waals surface area contributed by atoms with Crippen LogP contribution < -0.4 is 10.1 Å². The monoisotopic (exact) mass is 273 g/mol. The molecule has 0 saturated carbocycles. The van der Waals surface area contributed by atoms with Gasteiger partial charge >= 0.3 is 6.36 Å². The number of ether oxygens (including phenoxy) is 1. The van der Waals surface area contributed by atoms with Crippen LogP contribution in [0.15, 0.2) is 24.3 Å². The van der Waals surface area contributed by atoms with Crippen LogP contribution in [0.2, 0.25) is 0 Å². The van der Waals surface area contributed by atoms with Crippen LogP contribution in [0.4, 0.5) is 13.2 Å². The third-order valence-electron chi connectivity index (χ3n) is 3.62. The Morgan fingerprint density at radius 1 is 1.37 bits per heavy atom. The van der Waals surface area contributed by atoms with Crippen molar-refractivity contribution in [3.63, 3.8) is 0 Å². The molecule has 2 unspecified atom stereocenters. The number of nitrogens with one attached hydrogen (secondary N) is 1. The number of halogens is 3. The minimum atomic E-state index is -4.63. The zero-order chi connectivity index (χ0) is 13.9. The molecule has 2 rings (SSSR count). The van der Waals surface area contributed by atoms with Gasteiger partial charge < -0.3 is 10.1 Å². The molecule has 106 valence electrons. The van der Waals surface area contributed by atoms with E-state index in [0.29, 0.717) is 11.8 Å². The molecule has 1 N–H and O–H groups in total. The van der Waals surface area contributed by atoms with Gasteiger partial charge in [-0.25, -0.2) is 0 Å². The quantitative estimate of drug-likeness (QED) is 0.911. The van der Waals surface area contributed by atoms with Crippen molar-refractivity contribution in [1.29, 1.82) is 0 Å². The van der Waals surface area contributed by atoms with Crippen molar-refractivity contribution in [3.05, 3.63) is 29.8 Å². The highest BCUT2D eigenvalue weighted by atomic mass is 19.4. The first kappa shape index (κ1) is 14.2. The standard InChI is InChI=1S/C14H18F3NO/c1-10-5-6-18-9-12(10)7-11-3-2-4-13(8-11)19-14(15,16)17/h2-4,8,10,12,18H,5-7,9H2,1H3. The minimum absolute atomic E-state index is 0.138. The van der Waals surface area contributed by atoms with E-state index in [1.54, 1.807) is 6.07 Å². The van der Waals surface area contributed by atoms with E-state index in [9.17, 15) is 13.2 Å². The van der Waals surface area contributed by atoms with E-state index in [1.165, 1.54) is 12.1 Å². The Kier molecular flexibility index (Phi) is 4.34. The SMILES string of the molecule is CC1CCNCC1Cc1cccc(OC(F)(F)F)c1. The van der Waals surface area contributed by atoms with Crippen LogP contribution in [0.5, 0.6) is 5.75 Å². The second-order valence-electron chi connectivity index (χ2n) is 5.13. The van der Waals surface area contributed by atoms with Gasteiger partial charge in [0.2, 0.25) is 0 Å². The van der Waals surface area contributed by atoms with Crippen LogP contribution in [-0.4, -0.2) is 19.5 Å². The number of piperidine rings is 1. The zero-order valence-electron chi connectivity index (χ0n) is 10.8. The first-order valence-corrected chi connectivity index (χ1v) is 6.49. The summed E-state index contributed by atoms with van der Waals surface area (Å²) in [6, 6.07) is 6.27. The topological polar surface area (TPSA) is 21.3 Å². The molecule has 0 radical (unpaired) electrons. The van der Waals surface area contributed by atoms with Crippen LogP contribution in [0.3, 0.4) is 0 Å². The van der Waals surface area contributed by atoms with E-state index in [0.717, 1.165) is 31.5 Å². The zero-order valence-corrected chi connectivity index (χ0v) is 10.8. The Morgan fingerprint density at radius 3 is 2.84 bits per heavy atom. The Hall–Kier alpha value is -1.23. The van der Waals surface area contributed by atoms with Gasteiger partial charge in [0, 0.05) is 0 Å². The molecule has 1 aliphatic heterocycles. The summed E-state index contributed by atoms with van der Waals surface area (Å²) in [7, 11) is 0. The lowest BCUT2D eigenvalue weighted by Gasteiger charge is -2.29. The largest absolute Gasteiger partial charge is 0.573 e. The third-order valence-corrected chi connectivity index (χ3v) is 3.62. The molecular weight excluding hydrogens is 255 g/mol. The average molecular weight is 273 g/mol. The van der Waals surface area contributed by atoms with Crippen molar-refractivity contribution >= 4 is 0 Å². The Labute approximate surface area is 111 Å². The van der Waals surface area contributed by atoms with Crippen molar-refractivity contribution in [1.82, 2.24) is 5.32 Å². The molecular formula is C14H18F3NO. The highest BCUT2D eigenvalue weighted by molar-refractivity contribution is 5.29. The molecule has 1 aliphatic rings. The summed E-state index contributed by atoms with van der Waals surface area (Å²) < 4.78 is 40.4. The fourth-order valence-electron chi connectivity index (χ4n) is 2.50. The Balaban J connectivity index is 2.02. The van der Waals surface area contributed by atoms with Crippen molar-refractivity contribution in [2.24, 2.45) is 11.8 Å². The predicted octanol–water partition coefficient (Wildman–Crippen LogP) is 3.37. The summed E-state index contributed by atoms with van der Waals surface area (Å²) in [5.74, 6) is 0.921. The predicted molar refractivity (Wildman–Crippen MR) is 67.0 cm³/mol. The highest BCUT2D eigenvalue weighted by Crippen LogP contribution is 2.27. The molecule has 1 aromatic carbocycles. The first-order valence-electron chi connectivity index (χ1n) is 6.49. The summed E-state index contributed by atoms with van der Waals surface area (Å²) in [6.07, 6.45) is -2.73. The van der Waals surface area contributed by atoms with E-state index < -0.39 is 6.36 Å². The average Bonchev–Trinajstić information content (AvgIpc) is 2.30. The normalized spacial score (nSPS) is 24.2. The second-order valence-corrected chi connectivity index (χ2v) is 5.13. The maximum atomic E-state index is 12.2. The summed E-state index contributed by atoms with van der Waals surface area (Å²) in [5.41, 5.74) is 0.891. The molecule has 1 saturated heterocycles. The first-order chi connectivity index (χ1) is 8.94. The fourth-order valence-corrected chi connectivity index (χ4v) is 2.50. The van der Waals surface area contributed by atoms with Crippen molar-refractivity contribution in [3.8, 4) is 5.75 Å². The molecule has 2 atom stereocenters. The van der Waals surface area contributed by atoms with Crippen LogP contribution >= 0.6 is 0 Å². The van der Waals surface area contributed by atoms with Crippen LogP contribution in [0.25, 0.3) is 0 Å². The number of hydrogen-bond acceptors (Lipinski definition) is 2. The molecule has 5 heteroatoms. The third kappa shape index (κ3) is 4.42. The van der Waals surface area contributed by atoms with Gasteiger partial charge in [0.25, 0.3) is 0 Å².